The summed E-state index contributed by atoms with van der Waals surface area (Å²) in [7, 11) is 0. The molecule has 1 unspecified atom stereocenters. The molecule has 9 heteroatoms. The molecule has 4 rings (SSSR count). The Morgan fingerprint density at radius 1 is 1.03 bits per heavy atom. The second-order valence-corrected chi connectivity index (χ2v) is 7.98. The van der Waals surface area contributed by atoms with E-state index in [1.165, 1.54) is 6.20 Å². The van der Waals surface area contributed by atoms with E-state index in [0.717, 1.165) is 28.3 Å². The highest BCUT2D eigenvalue weighted by Gasteiger charge is 2.32. The number of aliphatic carboxylic acids is 1. The van der Waals surface area contributed by atoms with Gasteiger partial charge in [-0.3, -0.25) is 4.98 Å². The average molecular weight is 470 g/mol. The molecule has 3 aromatic rings. The maximum Gasteiger partial charge on any atom is 0.417 e. The number of carbonyl (C=O) groups excluding carboxylic acids is 1. The Morgan fingerprint density at radius 3 is 2.24 bits per heavy atom. The van der Waals surface area contributed by atoms with Gasteiger partial charge < -0.3 is 15.2 Å². The maximum absolute atomic E-state index is 12.9. The Bertz CT molecular complexity index is 1170. The summed E-state index contributed by atoms with van der Waals surface area (Å²) in [6.07, 6.45) is -3.65. The molecule has 1 atom stereocenters. The van der Waals surface area contributed by atoms with Gasteiger partial charge in [-0.1, -0.05) is 48.5 Å². The second-order valence-electron chi connectivity index (χ2n) is 7.98. The standard InChI is InChI=1S/C25H21F3N2O4/c26-25(27,28)16-11-15(12-29-13-16)9-10-22(23(31)32)30-24(33)34-14-21-19-7-3-1-5-17(19)18-6-2-4-8-20(18)21/h1-8,11-13,21-22H,9-10,14H2,(H,30,33)(H,31,32). The molecule has 2 aromatic carbocycles. The number of ether oxygens (including phenoxy) is 1. The summed E-state index contributed by atoms with van der Waals surface area (Å²) in [5, 5.41) is 11.8. The van der Waals surface area contributed by atoms with Crippen LogP contribution in [-0.4, -0.2) is 34.8 Å². The number of pyridine rings is 1. The molecule has 0 saturated heterocycles. The molecule has 1 heterocycles. The number of rotatable bonds is 7. The van der Waals surface area contributed by atoms with Crippen molar-refractivity contribution < 1.29 is 32.6 Å². The number of hydrogen-bond acceptors (Lipinski definition) is 4. The van der Waals surface area contributed by atoms with Gasteiger partial charge in [0.2, 0.25) is 0 Å². The molecule has 0 spiro atoms. The molecule has 1 aliphatic carbocycles. The number of benzene rings is 2. The topological polar surface area (TPSA) is 88.5 Å². The first-order valence-corrected chi connectivity index (χ1v) is 10.6. The fourth-order valence-electron chi connectivity index (χ4n) is 4.13. The SMILES string of the molecule is O=C(NC(CCc1cncc(C(F)(F)F)c1)C(=O)O)OCC1c2ccccc2-c2ccccc21. The van der Waals surface area contributed by atoms with E-state index in [0.29, 0.717) is 6.20 Å². The fraction of sp³-hybridized carbons (Fsp3) is 0.240. The summed E-state index contributed by atoms with van der Waals surface area (Å²) in [5.74, 6) is -1.49. The Balaban J connectivity index is 1.38. The summed E-state index contributed by atoms with van der Waals surface area (Å²) in [6, 6.07) is 15.2. The zero-order chi connectivity index (χ0) is 24.3. The lowest BCUT2D eigenvalue weighted by molar-refractivity contribution is -0.140. The molecule has 1 aliphatic rings. The number of fused-ring (bicyclic) bond motifs is 3. The first-order valence-electron chi connectivity index (χ1n) is 10.6. The zero-order valence-corrected chi connectivity index (χ0v) is 17.9. The first kappa shape index (κ1) is 23.3. The van der Waals surface area contributed by atoms with Crippen molar-refractivity contribution in [3.8, 4) is 11.1 Å². The zero-order valence-electron chi connectivity index (χ0n) is 17.9. The Morgan fingerprint density at radius 2 is 1.65 bits per heavy atom. The van der Waals surface area contributed by atoms with Crippen molar-refractivity contribution >= 4 is 12.1 Å². The average Bonchev–Trinajstić information content (AvgIpc) is 3.13. The van der Waals surface area contributed by atoms with Gasteiger partial charge in [-0.15, -0.1) is 0 Å². The summed E-state index contributed by atoms with van der Waals surface area (Å²) in [6.45, 7) is 0.0176. The minimum atomic E-state index is -4.55. The molecule has 0 radical (unpaired) electrons. The molecule has 0 aliphatic heterocycles. The van der Waals surface area contributed by atoms with E-state index in [1.54, 1.807) is 0 Å². The van der Waals surface area contributed by atoms with Crippen LogP contribution in [-0.2, 0) is 22.1 Å². The van der Waals surface area contributed by atoms with Crippen LogP contribution in [0.15, 0.2) is 67.0 Å². The van der Waals surface area contributed by atoms with Gasteiger partial charge in [0.1, 0.15) is 12.6 Å². The number of aromatic nitrogens is 1. The number of nitrogens with zero attached hydrogens (tertiary/aromatic N) is 1. The Kier molecular flexibility index (Phi) is 6.54. The van der Waals surface area contributed by atoms with Gasteiger partial charge in [-0.05, 0) is 46.7 Å². The molecular formula is C25H21F3N2O4. The van der Waals surface area contributed by atoms with E-state index in [-0.39, 0.29) is 30.9 Å². The molecule has 1 aromatic heterocycles. The van der Waals surface area contributed by atoms with Crippen LogP contribution >= 0.6 is 0 Å². The Labute approximate surface area is 193 Å². The molecule has 176 valence electrons. The number of alkyl halides is 3. The predicted octanol–water partition coefficient (Wildman–Crippen LogP) is 5.02. The highest BCUT2D eigenvalue weighted by Crippen LogP contribution is 2.44. The van der Waals surface area contributed by atoms with Gasteiger partial charge >= 0.3 is 18.2 Å². The van der Waals surface area contributed by atoms with Crippen LogP contribution in [0.5, 0.6) is 0 Å². The number of halogens is 3. The molecule has 34 heavy (non-hydrogen) atoms. The van der Waals surface area contributed by atoms with Crippen molar-refractivity contribution in [2.75, 3.05) is 6.61 Å². The monoisotopic (exact) mass is 470 g/mol. The van der Waals surface area contributed by atoms with Crippen LogP contribution in [0, 0.1) is 0 Å². The molecule has 6 nitrogen and oxygen atoms in total. The molecule has 1 amide bonds. The molecule has 2 N–H and O–H groups in total. The van der Waals surface area contributed by atoms with Crippen molar-refractivity contribution in [2.45, 2.75) is 31.0 Å². The van der Waals surface area contributed by atoms with E-state index >= 15 is 0 Å². The van der Waals surface area contributed by atoms with Crippen molar-refractivity contribution in [2.24, 2.45) is 0 Å². The summed E-state index contributed by atoms with van der Waals surface area (Å²) < 4.78 is 43.9. The number of carbonyl (C=O) groups is 2. The number of carboxylic acid groups (broad SMARTS) is 1. The van der Waals surface area contributed by atoms with Gasteiger partial charge in [0, 0.05) is 18.3 Å². The maximum atomic E-state index is 12.9. The van der Waals surface area contributed by atoms with E-state index in [2.05, 4.69) is 10.3 Å². The smallest absolute Gasteiger partial charge is 0.417 e. The molecular weight excluding hydrogens is 449 g/mol. The summed E-state index contributed by atoms with van der Waals surface area (Å²) in [4.78, 5) is 27.5. The van der Waals surface area contributed by atoms with Crippen molar-refractivity contribution in [1.82, 2.24) is 10.3 Å². The van der Waals surface area contributed by atoms with Crippen LogP contribution in [0.4, 0.5) is 18.0 Å². The van der Waals surface area contributed by atoms with Crippen LogP contribution in [0.25, 0.3) is 11.1 Å². The number of carboxylic acids is 1. The van der Waals surface area contributed by atoms with Crippen molar-refractivity contribution in [3.05, 3.63) is 89.2 Å². The van der Waals surface area contributed by atoms with Crippen molar-refractivity contribution in [3.63, 3.8) is 0 Å². The van der Waals surface area contributed by atoms with Crippen molar-refractivity contribution in [1.29, 1.82) is 0 Å². The summed E-state index contributed by atoms with van der Waals surface area (Å²) in [5.41, 5.74) is 3.46. The normalized spacial score (nSPS) is 13.6. The number of alkyl carbamates (subject to hydrolysis) is 1. The molecule has 0 saturated carbocycles. The van der Waals surface area contributed by atoms with Gasteiger partial charge in [0.05, 0.1) is 5.56 Å². The minimum Gasteiger partial charge on any atom is -0.480 e. The molecule has 0 fully saturated rings. The number of amides is 1. The third kappa shape index (κ3) is 5.03. The van der Waals surface area contributed by atoms with Gasteiger partial charge in [-0.25, -0.2) is 9.59 Å². The third-order valence-electron chi connectivity index (χ3n) is 5.78. The molecule has 0 bridgehead atoms. The van der Waals surface area contributed by atoms with E-state index in [9.17, 15) is 27.9 Å². The number of nitrogens with one attached hydrogen (secondary N) is 1. The van der Waals surface area contributed by atoms with Crippen LogP contribution in [0.1, 0.15) is 34.6 Å². The highest BCUT2D eigenvalue weighted by molar-refractivity contribution is 5.81. The van der Waals surface area contributed by atoms with Crippen LogP contribution in [0.3, 0.4) is 0 Å². The first-order chi connectivity index (χ1) is 16.2. The second kappa shape index (κ2) is 9.54. The van der Waals surface area contributed by atoms with Gasteiger partial charge in [0.15, 0.2) is 0 Å². The minimum absolute atomic E-state index is 0.0163. The lowest BCUT2D eigenvalue weighted by Gasteiger charge is -2.17. The third-order valence-corrected chi connectivity index (χ3v) is 5.78. The largest absolute Gasteiger partial charge is 0.480 e. The van der Waals surface area contributed by atoms with E-state index in [4.69, 9.17) is 4.74 Å². The lowest BCUT2D eigenvalue weighted by atomic mass is 9.98. The van der Waals surface area contributed by atoms with E-state index < -0.39 is 29.8 Å². The van der Waals surface area contributed by atoms with Gasteiger partial charge in [-0.2, -0.15) is 13.2 Å². The van der Waals surface area contributed by atoms with E-state index in [1.807, 2.05) is 48.5 Å². The quantitative estimate of drug-likeness (QED) is 0.506. The van der Waals surface area contributed by atoms with Crippen LogP contribution < -0.4 is 5.32 Å². The van der Waals surface area contributed by atoms with Crippen LogP contribution in [0.2, 0.25) is 0 Å². The van der Waals surface area contributed by atoms with Gasteiger partial charge in [0.25, 0.3) is 0 Å². The number of aryl methyl sites for hydroxylation is 1. The Hall–Kier alpha value is -3.88. The summed E-state index contributed by atoms with van der Waals surface area (Å²) >= 11 is 0. The highest BCUT2D eigenvalue weighted by atomic mass is 19.4. The number of hydrogen-bond donors (Lipinski definition) is 2. The predicted molar refractivity (Wildman–Crippen MR) is 117 cm³/mol. The fourth-order valence-corrected chi connectivity index (χ4v) is 4.13. The lowest BCUT2D eigenvalue weighted by Crippen LogP contribution is -2.41.